The summed E-state index contributed by atoms with van der Waals surface area (Å²) < 4.78 is 51.3. The molecule has 0 radical (unpaired) electrons. The second kappa shape index (κ2) is 6.42. The minimum atomic E-state index is -4.60. The van der Waals surface area contributed by atoms with Gasteiger partial charge in [0.05, 0.1) is 32.3 Å². The van der Waals surface area contributed by atoms with Crippen molar-refractivity contribution in [2.45, 2.75) is 24.0 Å². The summed E-state index contributed by atoms with van der Waals surface area (Å²) >= 11 is 5.65. The summed E-state index contributed by atoms with van der Waals surface area (Å²) in [6, 6.07) is 5.98. The Morgan fingerprint density at radius 2 is 2.04 bits per heavy atom. The van der Waals surface area contributed by atoms with E-state index in [-0.39, 0.29) is 17.1 Å². The van der Waals surface area contributed by atoms with Gasteiger partial charge in [0, 0.05) is 6.20 Å². The van der Waals surface area contributed by atoms with Crippen molar-refractivity contribution in [2.24, 2.45) is 0 Å². The first-order chi connectivity index (χ1) is 11.7. The lowest BCUT2D eigenvalue weighted by molar-refractivity contribution is -0.137. The average Bonchev–Trinajstić information content (AvgIpc) is 2.54. The fourth-order valence-electron chi connectivity index (χ4n) is 2.69. The smallest absolute Gasteiger partial charge is 0.288 e. The van der Waals surface area contributed by atoms with Crippen molar-refractivity contribution in [1.82, 2.24) is 4.98 Å². The number of hydrogen-bond donors (Lipinski definition) is 0. The van der Waals surface area contributed by atoms with E-state index in [0.717, 1.165) is 12.1 Å². The number of carbonyl (C=O) groups excluding carboxylic acids is 1. The SMILES string of the molecule is CC(c1ccc(Cl)c(C(F)(F)F)c1)N1C(=O)CS(=O)c2cccnc21. The van der Waals surface area contributed by atoms with Crippen LogP contribution < -0.4 is 4.90 Å². The van der Waals surface area contributed by atoms with E-state index in [4.69, 9.17) is 11.6 Å². The lowest BCUT2D eigenvalue weighted by Gasteiger charge is -2.33. The Hall–Kier alpha value is -1.93. The maximum Gasteiger partial charge on any atom is 0.417 e. The van der Waals surface area contributed by atoms with Crippen LogP contribution in [-0.4, -0.2) is 20.9 Å². The van der Waals surface area contributed by atoms with Crippen LogP contribution in [0.15, 0.2) is 41.4 Å². The third kappa shape index (κ3) is 3.28. The molecule has 0 saturated carbocycles. The molecule has 0 spiro atoms. The number of anilines is 1. The molecule has 9 heteroatoms. The lowest BCUT2D eigenvalue weighted by Crippen LogP contribution is -2.41. The monoisotopic (exact) mass is 388 g/mol. The Labute approximate surface area is 149 Å². The van der Waals surface area contributed by atoms with E-state index in [1.807, 2.05) is 0 Å². The quantitative estimate of drug-likeness (QED) is 0.782. The molecule has 2 heterocycles. The highest BCUT2D eigenvalue weighted by Crippen LogP contribution is 2.38. The molecule has 0 fully saturated rings. The van der Waals surface area contributed by atoms with Gasteiger partial charge in [0.25, 0.3) is 0 Å². The molecule has 0 N–H and O–H groups in total. The molecule has 4 nitrogen and oxygen atoms in total. The number of fused-ring (bicyclic) bond motifs is 1. The molecule has 0 saturated heterocycles. The van der Waals surface area contributed by atoms with Crippen molar-refractivity contribution in [2.75, 3.05) is 10.7 Å². The Kier molecular flexibility index (Phi) is 4.59. The third-order valence-corrected chi connectivity index (χ3v) is 5.56. The number of pyridine rings is 1. The van der Waals surface area contributed by atoms with Crippen LogP contribution in [0.25, 0.3) is 0 Å². The van der Waals surface area contributed by atoms with Crippen molar-refractivity contribution in [1.29, 1.82) is 0 Å². The highest BCUT2D eigenvalue weighted by Gasteiger charge is 2.37. The van der Waals surface area contributed by atoms with Crippen LogP contribution in [-0.2, 0) is 21.8 Å². The van der Waals surface area contributed by atoms with Gasteiger partial charge in [0.15, 0.2) is 5.82 Å². The van der Waals surface area contributed by atoms with Gasteiger partial charge in [0.2, 0.25) is 5.91 Å². The zero-order valence-electron chi connectivity index (χ0n) is 12.9. The van der Waals surface area contributed by atoms with Gasteiger partial charge in [-0.1, -0.05) is 17.7 Å². The predicted octanol–water partition coefficient (Wildman–Crippen LogP) is 3.97. The van der Waals surface area contributed by atoms with Crippen molar-refractivity contribution in [3.63, 3.8) is 0 Å². The second-order valence-corrected chi connectivity index (χ2v) is 7.32. The van der Waals surface area contributed by atoms with Crippen molar-refractivity contribution in [3.8, 4) is 0 Å². The van der Waals surface area contributed by atoms with E-state index in [2.05, 4.69) is 4.98 Å². The Morgan fingerprint density at radius 3 is 2.72 bits per heavy atom. The number of halogens is 4. The number of nitrogens with zero attached hydrogens (tertiary/aromatic N) is 2. The topological polar surface area (TPSA) is 50.3 Å². The van der Waals surface area contributed by atoms with Crippen LogP contribution >= 0.6 is 11.6 Å². The number of hydrogen-bond acceptors (Lipinski definition) is 3. The minimum absolute atomic E-state index is 0.202. The van der Waals surface area contributed by atoms with E-state index in [1.165, 1.54) is 17.2 Å². The first kappa shape index (κ1) is 17.9. The summed E-state index contributed by atoms with van der Waals surface area (Å²) in [5.41, 5.74) is -0.706. The van der Waals surface area contributed by atoms with Gasteiger partial charge in [-0.05, 0) is 36.8 Å². The maximum absolute atomic E-state index is 13.1. The molecular weight excluding hydrogens is 377 g/mol. The highest BCUT2D eigenvalue weighted by atomic mass is 35.5. The largest absolute Gasteiger partial charge is 0.417 e. The summed E-state index contributed by atoms with van der Waals surface area (Å²) in [5.74, 6) is -0.489. The number of rotatable bonds is 2. The predicted molar refractivity (Wildman–Crippen MR) is 87.9 cm³/mol. The Balaban J connectivity index is 2.07. The van der Waals surface area contributed by atoms with Gasteiger partial charge >= 0.3 is 6.18 Å². The van der Waals surface area contributed by atoms with E-state index >= 15 is 0 Å². The van der Waals surface area contributed by atoms with Gasteiger partial charge in [-0.2, -0.15) is 13.2 Å². The maximum atomic E-state index is 13.1. The minimum Gasteiger partial charge on any atom is -0.288 e. The van der Waals surface area contributed by atoms with Gasteiger partial charge in [-0.3, -0.25) is 13.9 Å². The molecule has 1 amide bonds. The molecule has 0 bridgehead atoms. The van der Waals surface area contributed by atoms with Crippen LogP contribution in [0.1, 0.15) is 24.1 Å². The van der Waals surface area contributed by atoms with Crippen molar-refractivity contribution < 1.29 is 22.2 Å². The molecule has 1 aliphatic rings. The molecule has 25 heavy (non-hydrogen) atoms. The van der Waals surface area contributed by atoms with Gasteiger partial charge < -0.3 is 0 Å². The van der Waals surface area contributed by atoms with Gasteiger partial charge in [0.1, 0.15) is 5.75 Å². The molecule has 132 valence electrons. The standard InChI is InChI=1S/C16H12ClF3N2O2S/c1-9(10-4-5-12(17)11(7-10)16(18,19)20)22-14(23)8-25(24)13-3-2-6-21-15(13)22/h2-7,9H,8H2,1H3. The number of carbonyl (C=O) groups is 1. The summed E-state index contributed by atoms with van der Waals surface area (Å²) in [5, 5.41) is -0.409. The molecule has 1 aromatic carbocycles. The second-order valence-electron chi connectivity index (χ2n) is 5.49. The van der Waals surface area contributed by atoms with E-state index < -0.39 is 39.5 Å². The van der Waals surface area contributed by atoms with Gasteiger partial charge in [-0.25, -0.2) is 4.98 Å². The fourth-order valence-corrected chi connectivity index (χ4v) is 4.02. The van der Waals surface area contributed by atoms with Crippen LogP contribution in [0.4, 0.5) is 19.0 Å². The van der Waals surface area contributed by atoms with E-state index in [9.17, 15) is 22.2 Å². The molecule has 2 atom stereocenters. The third-order valence-electron chi connectivity index (χ3n) is 3.91. The molecule has 2 aromatic rings. The summed E-state index contributed by atoms with van der Waals surface area (Å²) in [6.45, 7) is 1.59. The average molecular weight is 389 g/mol. The summed E-state index contributed by atoms with van der Waals surface area (Å²) in [4.78, 5) is 18.1. The number of alkyl halides is 3. The van der Waals surface area contributed by atoms with Crippen LogP contribution in [0, 0.1) is 0 Å². The molecule has 1 aromatic heterocycles. The van der Waals surface area contributed by atoms with Crippen molar-refractivity contribution >= 4 is 34.1 Å². The summed E-state index contributed by atoms with van der Waals surface area (Å²) in [7, 11) is -1.52. The first-order valence-electron chi connectivity index (χ1n) is 7.22. The first-order valence-corrected chi connectivity index (χ1v) is 8.92. The van der Waals surface area contributed by atoms with Crippen LogP contribution in [0.3, 0.4) is 0 Å². The van der Waals surface area contributed by atoms with Gasteiger partial charge in [-0.15, -0.1) is 0 Å². The van der Waals surface area contributed by atoms with Crippen molar-refractivity contribution in [3.05, 3.63) is 52.7 Å². The molecular formula is C16H12ClF3N2O2S. The lowest BCUT2D eigenvalue weighted by atomic mass is 10.0. The number of benzene rings is 1. The zero-order chi connectivity index (χ0) is 18.4. The zero-order valence-corrected chi connectivity index (χ0v) is 14.5. The molecule has 3 rings (SSSR count). The number of aromatic nitrogens is 1. The molecule has 0 aliphatic carbocycles. The van der Waals surface area contributed by atoms with Crippen LogP contribution in [0.2, 0.25) is 5.02 Å². The highest BCUT2D eigenvalue weighted by molar-refractivity contribution is 7.86. The Bertz CT molecular complexity index is 873. The Morgan fingerprint density at radius 1 is 1.32 bits per heavy atom. The fraction of sp³-hybridized carbons (Fsp3) is 0.250. The molecule has 2 unspecified atom stereocenters. The van der Waals surface area contributed by atoms with Crippen LogP contribution in [0.5, 0.6) is 0 Å². The molecule has 1 aliphatic heterocycles. The van der Waals surface area contributed by atoms with E-state index in [0.29, 0.717) is 4.90 Å². The normalized spacial score (nSPS) is 18.8. The van der Waals surface area contributed by atoms with E-state index in [1.54, 1.807) is 19.1 Å². The summed E-state index contributed by atoms with van der Waals surface area (Å²) in [6.07, 6.45) is -3.16. The number of amides is 1.